The van der Waals surface area contributed by atoms with Crippen LogP contribution in [0.25, 0.3) is 0 Å². The van der Waals surface area contributed by atoms with Gasteiger partial charge in [0.1, 0.15) is 5.75 Å². The summed E-state index contributed by atoms with van der Waals surface area (Å²) in [6.45, 7) is 0. The largest absolute Gasteiger partial charge is 0.508 e. The molecule has 0 aromatic heterocycles. The lowest BCUT2D eigenvalue weighted by Gasteiger charge is -2.11. The third-order valence-electron chi connectivity index (χ3n) is 2.04. The van der Waals surface area contributed by atoms with Gasteiger partial charge in [-0.3, -0.25) is 4.79 Å². The molecule has 0 aliphatic heterocycles. The fourth-order valence-electron chi connectivity index (χ4n) is 1.25. The summed E-state index contributed by atoms with van der Waals surface area (Å²) in [6.07, 6.45) is 0.683. The molecule has 1 rings (SSSR count). The molecule has 0 saturated heterocycles. The van der Waals surface area contributed by atoms with Gasteiger partial charge >= 0.3 is 0 Å². The second kappa shape index (κ2) is 4.62. The predicted molar refractivity (Wildman–Crippen MR) is 53.5 cm³/mol. The lowest BCUT2D eigenvalue weighted by molar-refractivity contribution is -0.118. The molecular weight excluding hydrogens is 180 g/mol. The number of benzene rings is 1. The van der Waals surface area contributed by atoms with Crippen LogP contribution in [0.1, 0.15) is 24.4 Å². The van der Waals surface area contributed by atoms with Crippen molar-refractivity contribution in [2.75, 3.05) is 0 Å². The van der Waals surface area contributed by atoms with Gasteiger partial charge in [-0.15, -0.1) is 0 Å². The Morgan fingerprint density at radius 2 is 2.07 bits per heavy atom. The van der Waals surface area contributed by atoms with Gasteiger partial charge in [-0.25, -0.2) is 0 Å². The minimum atomic E-state index is -0.379. The van der Waals surface area contributed by atoms with Gasteiger partial charge in [0.25, 0.3) is 0 Å². The summed E-state index contributed by atoms with van der Waals surface area (Å²) < 4.78 is 0. The number of nitrogens with two attached hydrogens (primary N) is 2. The van der Waals surface area contributed by atoms with Crippen LogP contribution in [0.2, 0.25) is 0 Å². The molecule has 0 saturated carbocycles. The Morgan fingerprint density at radius 1 is 1.43 bits per heavy atom. The van der Waals surface area contributed by atoms with Crippen LogP contribution in [0, 0.1) is 0 Å². The third-order valence-corrected chi connectivity index (χ3v) is 2.04. The molecule has 0 spiro atoms. The van der Waals surface area contributed by atoms with Crippen molar-refractivity contribution < 1.29 is 9.90 Å². The molecule has 0 bridgehead atoms. The maximum absolute atomic E-state index is 10.5. The molecule has 0 aliphatic carbocycles. The first-order valence-corrected chi connectivity index (χ1v) is 4.43. The van der Waals surface area contributed by atoms with Crippen LogP contribution in [-0.2, 0) is 4.79 Å². The van der Waals surface area contributed by atoms with Crippen LogP contribution < -0.4 is 11.5 Å². The molecular formula is C10H14N2O2. The average Bonchev–Trinajstić information content (AvgIpc) is 2.15. The zero-order chi connectivity index (χ0) is 10.6. The SMILES string of the molecule is NC(=O)CCC(N)c1ccccc1O. The van der Waals surface area contributed by atoms with Crippen molar-refractivity contribution in [3.05, 3.63) is 29.8 Å². The molecule has 76 valence electrons. The van der Waals surface area contributed by atoms with Crippen LogP contribution in [0.15, 0.2) is 24.3 Å². The normalized spacial score (nSPS) is 12.4. The van der Waals surface area contributed by atoms with Crippen molar-refractivity contribution in [1.82, 2.24) is 0 Å². The van der Waals surface area contributed by atoms with E-state index in [4.69, 9.17) is 11.5 Å². The third kappa shape index (κ3) is 2.74. The van der Waals surface area contributed by atoms with Crippen molar-refractivity contribution >= 4 is 5.91 Å². The molecule has 0 heterocycles. The predicted octanol–water partition coefficient (Wildman–Crippen LogP) is 0.657. The molecule has 1 aromatic rings. The molecule has 0 aliphatic rings. The number of para-hydroxylation sites is 1. The number of amides is 1. The number of aromatic hydroxyl groups is 1. The highest BCUT2D eigenvalue weighted by Crippen LogP contribution is 2.24. The van der Waals surface area contributed by atoms with Crippen LogP contribution in [-0.4, -0.2) is 11.0 Å². The number of phenolic OH excluding ortho intramolecular Hbond substituents is 1. The Morgan fingerprint density at radius 3 is 2.64 bits per heavy atom. The minimum absolute atomic E-state index is 0.157. The summed E-state index contributed by atoms with van der Waals surface area (Å²) >= 11 is 0. The number of carbonyl (C=O) groups excluding carboxylic acids is 1. The summed E-state index contributed by atoms with van der Waals surface area (Å²) in [6, 6.07) is 6.47. The molecule has 1 unspecified atom stereocenters. The number of rotatable bonds is 4. The van der Waals surface area contributed by atoms with Gasteiger partial charge in [0.2, 0.25) is 5.91 Å². The van der Waals surface area contributed by atoms with Crippen LogP contribution in [0.5, 0.6) is 5.75 Å². The number of carbonyl (C=O) groups is 1. The molecule has 1 amide bonds. The van der Waals surface area contributed by atoms with Gasteiger partial charge in [0.05, 0.1) is 0 Å². The maximum Gasteiger partial charge on any atom is 0.217 e. The minimum Gasteiger partial charge on any atom is -0.508 e. The smallest absolute Gasteiger partial charge is 0.217 e. The Bertz CT molecular complexity index is 326. The van der Waals surface area contributed by atoms with E-state index in [1.165, 1.54) is 0 Å². The number of hydrogen-bond acceptors (Lipinski definition) is 3. The van der Waals surface area contributed by atoms with Crippen LogP contribution >= 0.6 is 0 Å². The lowest BCUT2D eigenvalue weighted by Crippen LogP contribution is -2.16. The van der Waals surface area contributed by atoms with Gasteiger partial charge in [0.15, 0.2) is 0 Å². The van der Waals surface area contributed by atoms with Crippen molar-refractivity contribution in [2.24, 2.45) is 11.5 Å². The molecule has 5 N–H and O–H groups in total. The molecule has 1 aromatic carbocycles. The average molecular weight is 194 g/mol. The first-order valence-electron chi connectivity index (χ1n) is 4.43. The molecule has 0 radical (unpaired) electrons. The summed E-state index contributed by atoms with van der Waals surface area (Å²) in [5.41, 5.74) is 11.4. The topological polar surface area (TPSA) is 89.3 Å². The zero-order valence-electron chi connectivity index (χ0n) is 7.81. The Balaban J connectivity index is 2.65. The Kier molecular flexibility index (Phi) is 3.48. The van der Waals surface area contributed by atoms with Gasteiger partial charge in [-0.1, -0.05) is 18.2 Å². The quantitative estimate of drug-likeness (QED) is 0.657. The van der Waals surface area contributed by atoms with E-state index >= 15 is 0 Å². The maximum atomic E-state index is 10.5. The van der Waals surface area contributed by atoms with E-state index in [0.29, 0.717) is 12.0 Å². The van der Waals surface area contributed by atoms with Gasteiger partial charge in [-0.2, -0.15) is 0 Å². The van der Waals surface area contributed by atoms with E-state index in [1.807, 2.05) is 0 Å². The fraction of sp³-hybridized carbons (Fsp3) is 0.300. The molecule has 1 atom stereocenters. The highest BCUT2D eigenvalue weighted by Gasteiger charge is 2.10. The van der Waals surface area contributed by atoms with Gasteiger partial charge in [-0.05, 0) is 12.5 Å². The van der Waals surface area contributed by atoms with E-state index in [9.17, 15) is 9.90 Å². The Labute approximate surface area is 82.5 Å². The van der Waals surface area contributed by atoms with Crippen LogP contribution in [0.3, 0.4) is 0 Å². The summed E-state index contributed by atoms with van der Waals surface area (Å²) in [4.78, 5) is 10.5. The van der Waals surface area contributed by atoms with Crippen molar-refractivity contribution in [3.63, 3.8) is 0 Å². The van der Waals surface area contributed by atoms with Gasteiger partial charge < -0.3 is 16.6 Å². The summed E-state index contributed by atoms with van der Waals surface area (Å²) in [7, 11) is 0. The highest BCUT2D eigenvalue weighted by molar-refractivity contribution is 5.73. The summed E-state index contributed by atoms with van der Waals surface area (Å²) in [5.74, 6) is -0.222. The molecule has 0 fully saturated rings. The van der Waals surface area contributed by atoms with E-state index in [0.717, 1.165) is 0 Å². The highest BCUT2D eigenvalue weighted by atomic mass is 16.3. The molecule has 4 heteroatoms. The van der Waals surface area contributed by atoms with Crippen LogP contribution in [0.4, 0.5) is 0 Å². The fourth-order valence-corrected chi connectivity index (χ4v) is 1.25. The lowest BCUT2D eigenvalue weighted by atomic mass is 10.0. The standard InChI is InChI=1S/C10H14N2O2/c11-8(5-6-10(12)14)7-3-1-2-4-9(7)13/h1-4,8,13H,5-6,11H2,(H2,12,14). The van der Waals surface area contributed by atoms with E-state index in [1.54, 1.807) is 24.3 Å². The van der Waals surface area contributed by atoms with E-state index in [-0.39, 0.29) is 24.1 Å². The van der Waals surface area contributed by atoms with E-state index in [2.05, 4.69) is 0 Å². The van der Waals surface area contributed by atoms with Gasteiger partial charge in [0, 0.05) is 18.0 Å². The van der Waals surface area contributed by atoms with E-state index < -0.39 is 0 Å². The molecule has 14 heavy (non-hydrogen) atoms. The number of phenols is 1. The monoisotopic (exact) mass is 194 g/mol. The first kappa shape index (κ1) is 10.5. The second-order valence-electron chi connectivity index (χ2n) is 3.17. The number of hydrogen-bond donors (Lipinski definition) is 3. The second-order valence-corrected chi connectivity index (χ2v) is 3.17. The van der Waals surface area contributed by atoms with Crippen molar-refractivity contribution in [1.29, 1.82) is 0 Å². The Hall–Kier alpha value is -1.55. The number of primary amides is 1. The molecule has 4 nitrogen and oxygen atoms in total. The zero-order valence-corrected chi connectivity index (χ0v) is 7.81. The summed E-state index contributed by atoms with van der Waals surface area (Å²) in [5, 5.41) is 9.45. The van der Waals surface area contributed by atoms with Crippen molar-refractivity contribution in [3.8, 4) is 5.75 Å². The van der Waals surface area contributed by atoms with Crippen molar-refractivity contribution in [2.45, 2.75) is 18.9 Å². The first-order chi connectivity index (χ1) is 6.61.